The lowest BCUT2D eigenvalue weighted by atomic mass is 9.81. The van der Waals surface area contributed by atoms with E-state index in [4.69, 9.17) is 9.26 Å². The van der Waals surface area contributed by atoms with Gasteiger partial charge in [-0.25, -0.2) is 0 Å². The monoisotopic (exact) mass is 505 g/mol. The average Bonchev–Trinajstić information content (AvgIpc) is 3.11. The number of amides is 3. The van der Waals surface area contributed by atoms with E-state index in [1.807, 2.05) is 0 Å². The molecular weight excluding hydrogens is 490 g/mol. The lowest BCUT2D eigenvalue weighted by molar-refractivity contribution is -0.154. The molecule has 1 N–H and O–H groups in total. The Labute approximate surface area is 171 Å². The van der Waals surface area contributed by atoms with Gasteiger partial charge in [0.15, 0.2) is 12.4 Å². The molecule has 2 aliphatic rings. The predicted octanol–water partition coefficient (Wildman–Crippen LogP) is 1.39. The van der Waals surface area contributed by atoms with Gasteiger partial charge in [0.1, 0.15) is 12.3 Å². The van der Waals surface area contributed by atoms with E-state index in [9.17, 15) is 19.2 Å². The molecule has 1 aromatic rings. The zero-order valence-electron chi connectivity index (χ0n) is 14.3. The number of carbonyl (C=O) groups is 4. The number of imide groups is 1. The molecule has 2 heterocycles. The Balaban J connectivity index is 1.51. The Bertz CT molecular complexity index is 754. The first-order valence-corrected chi connectivity index (χ1v) is 10.1. The van der Waals surface area contributed by atoms with Crippen molar-refractivity contribution in [2.75, 3.05) is 18.5 Å². The number of rotatable bonds is 5. The van der Waals surface area contributed by atoms with Crippen LogP contribution in [0.4, 0.5) is 5.82 Å². The van der Waals surface area contributed by atoms with E-state index in [0.29, 0.717) is 18.6 Å². The molecule has 1 aromatic heterocycles. The maximum Gasteiger partial charge on any atom is 0.326 e. The average molecular weight is 507 g/mol. The number of aryl methyl sites for hydroxylation is 1. The molecule has 146 valence electrons. The number of anilines is 1. The SMILES string of the molecule is Cc1cc(NC(=O)COC(=O)CN2C(=O)[C@H]3C[C@@H](Br)[C@@H](Br)C[C@H]3C2=O)no1. The molecule has 3 rings (SSSR count). The molecule has 0 radical (unpaired) electrons. The Morgan fingerprint density at radius 2 is 1.85 bits per heavy atom. The fraction of sp³-hybridized carbons (Fsp3) is 0.562. The molecule has 11 heteroatoms. The van der Waals surface area contributed by atoms with Gasteiger partial charge in [-0.1, -0.05) is 37.0 Å². The second-order valence-corrected chi connectivity index (χ2v) is 8.86. The van der Waals surface area contributed by atoms with Gasteiger partial charge in [-0.15, -0.1) is 0 Å². The summed E-state index contributed by atoms with van der Waals surface area (Å²) in [6.07, 6.45) is 1.05. The third kappa shape index (κ3) is 4.40. The number of halogens is 2. The standard InChI is InChI=1S/C16H17Br2N3O6/c1-7-2-12(20-27-7)19-13(22)6-26-14(23)5-21-15(24)8-3-10(17)11(18)4-9(8)16(21)25/h2,8-11H,3-6H2,1H3,(H,19,20,22)/t8-,9+,10+,11-. The third-order valence-corrected chi connectivity index (χ3v) is 7.28. The Morgan fingerprint density at radius 1 is 1.26 bits per heavy atom. The predicted molar refractivity (Wildman–Crippen MR) is 99.2 cm³/mol. The van der Waals surface area contributed by atoms with Crippen molar-refractivity contribution in [2.24, 2.45) is 11.8 Å². The number of alkyl halides is 2. The van der Waals surface area contributed by atoms with Crippen LogP contribution in [0, 0.1) is 18.8 Å². The zero-order valence-corrected chi connectivity index (χ0v) is 17.5. The van der Waals surface area contributed by atoms with E-state index in [0.717, 1.165) is 4.90 Å². The summed E-state index contributed by atoms with van der Waals surface area (Å²) in [5.41, 5.74) is 0. The molecule has 3 amide bonds. The highest BCUT2D eigenvalue weighted by atomic mass is 79.9. The number of nitrogens with zero attached hydrogens (tertiary/aromatic N) is 2. The summed E-state index contributed by atoms with van der Waals surface area (Å²) in [5, 5.41) is 5.99. The quantitative estimate of drug-likeness (QED) is 0.364. The molecule has 0 unspecified atom stereocenters. The Morgan fingerprint density at radius 3 is 2.37 bits per heavy atom. The van der Waals surface area contributed by atoms with Gasteiger partial charge < -0.3 is 14.6 Å². The van der Waals surface area contributed by atoms with Crippen LogP contribution >= 0.6 is 31.9 Å². The van der Waals surface area contributed by atoms with Gasteiger partial charge >= 0.3 is 5.97 Å². The molecule has 27 heavy (non-hydrogen) atoms. The van der Waals surface area contributed by atoms with Crippen molar-refractivity contribution in [3.05, 3.63) is 11.8 Å². The number of aromatic nitrogens is 1. The van der Waals surface area contributed by atoms with E-state index < -0.39 is 36.9 Å². The summed E-state index contributed by atoms with van der Waals surface area (Å²) in [7, 11) is 0. The van der Waals surface area contributed by atoms with Crippen LogP contribution in [-0.4, -0.2) is 56.6 Å². The number of carbonyl (C=O) groups excluding carboxylic acids is 4. The molecule has 0 spiro atoms. The van der Waals surface area contributed by atoms with Gasteiger partial charge in [0.2, 0.25) is 11.8 Å². The lowest BCUT2D eigenvalue weighted by Crippen LogP contribution is -2.37. The van der Waals surface area contributed by atoms with Gasteiger partial charge in [-0.05, 0) is 19.8 Å². The maximum atomic E-state index is 12.5. The zero-order chi connectivity index (χ0) is 19.7. The number of esters is 1. The van der Waals surface area contributed by atoms with Crippen LogP contribution < -0.4 is 5.32 Å². The number of fused-ring (bicyclic) bond motifs is 1. The van der Waals surface area contributed by atoms with Crippen LogP contribution in [0.25, 0.3) is 0 Å². The van der Waals surface area contributed by atoms with E-state index in [1.165, 1.54) is 6.07 Å². The van der Waals surface area contributed by atoms with Crippen molar-refractivity contribution < 1.29 is 28.4 Å². The Hall–Kier alpha value is -1.75. The molecule has 1 aliphatic carbocycles. The van der Waals surface area contributed by atoms with Crippen LogP contribution in [-0.2, 0) is 23.9 Å². The highest BCUT2D eigenvalue weighted by Crippen LogP contribution is 2.43. The van der Waals surface area contributed by atoms with E-state index in [-0.39, 0.29) is 27.3 Å². The number of likely N-dealkylation sites (tertiary alicyclic amines) is 1. The fourth-order valence-corrected chi connectivity index (χ4v) is 4.48. The van der Waals surface area contributed by atoms with Crippen molar-refractivity contribution in [1.29, 1.82) is 0 Å². The summed E-state index contributed by atoms with van der Waals surface area (Å²) < 4.78 is 9.67. The first-order chi connectivity index (χ1) is 12.8. The van der Waals surface area contributed by atoms with Gasteiger partial charge in [0, 0.05) is 15.7 Å². The minimum absolute atomic E-state index is 0.0891. The summed E-state index contributed by atoms with van der Waals surface area (Å²) in [4.78, 5) is 49.8. The summed E-state index contributed by atoms with van der Waals surface area (Å²) >= 11 is 7.00. The van der Waals surface area contributed by atoms with Gasteiger partial charge in [0.05, 0.1) is 11.8 Å². The van der Waals surface area contributed by atoms with Gasteiger partial charge in [-0.2, -0.15) is 0 Å². The highest BCUT2D eigenvalue weighted by Gasteiger charge is 2.52. The molecule has 1 aliphatic heterocycles. The number of hydrogen-bond acceptors (Lipinski definition) is 7. The van der Waals surface area contributed by atoms with Crippen molar-refractivity contribution in [3.63, 3.8) is 0 Å². The fourth-order valence-electron chi connectivity index (χ4n) is 3.24. The van der Waals surface area contributed by atoms with Crippen LogP contribution in [0.2, 0.25) is 0 Å². The van der Waals surface area contributed by atoms with E-state index >= 15 is 0 Å². The van der Waals surface area contributed by atoms with E-state index in [1.54, 1.807) is 6.92 Å². The van der Waals surface area contributed by atoms with Gasteiger partial charge in [0.25, 0.3) is 5.91 Å². The number of nitrogens with one attached hydrogen (secondary N) is 1. The molecule has 2 fully saturated rings. The highest BCUT2D eigenvalue weighted by molar-refractivity contribution is 9.12. The topological polar surface area (TPSA) is 119 Å². The molecule has 1 saturated heterocycles. The van der Waals surface area contributed by atoms with Crippen molar-refractivity contribution in [3.8, 4) is 0 Å². The minimum atomic E-state index is -0.826. The normalized spacial score (nSPS) is 27.4. The lowest BCUT2D eigenvalue weighted by Gasteiger charge is -2.29. The first-order valence-electron chi connectivity index (χ1n) is 8.28. The van der Waals surface area contributed by atoms with Crippen LogP contribution in [0.3, 0.4) is 0 Å². The molecule has 1 saturated carbocycles. The largest absolute Gasteiger partial charge is 0.454 e. The second kappa shape index (κ2) is 8.09. The van der Waals surface area contributed by atoms with E-state index in [2.05, 4.69) is 42.3 Å². The summed E-state index contributed by atoms with van der Waals surface area (Å²) in [6.45, 7) is 0.613. The van der Waals surface area contributed by atoms with Crippen LogP contribution in [0.15, 0.2) is 10.6 Å². The maximum absolute atomic E-state index is 12.5. The molecule has 0 bridgehead atoms. The smallest absolute Gasteiger partial charge is 0.326 e. The van der Waals surface area contributed by atoms with Crippen molar-refractivity contribution >= 4 is 61.4 Å². The molecule has 9 nitrogen and oxygen atoms in total. The Kier molecular flexibility index (Phi) is 5.99. The minimum Gasteiger partial charge on any atom is -0.454 e. The third-order valence-electron chi connectivity index (χ3n) is 4.55. The van der Waals surface area contributed by atoms with Crippen molar-refractivity contribution in [2.45, 2.75) is 29.4 Å². The number of ether oxygens (including phenoxy) is 1. The molecule has 0 aromatic carbocycles. The summed E-state index contributed by atoms with van der Waals surface area (Å²) in [6, 6.07) is 1.51. The molecule has 4 atom stereocenters. The van der Waals surface area contributed by atoms with Crippen molar-refractivity contribution in [1.82, 2.24) is 10.1 Å². The second-order valence-electron chi connectivity index (χ2n) is 6.51. The number of hydrogen-bond donors (Lipinski definition) is 1. The molecular formula is C16H17Br2N3O6. The van der Waals surface area contributed by atoms with Crippen LogP contribution in [0.5, 0.6) is 0 Å². The van der Waals surface area contributed by atoms with Crippen LogP contribution in [0.1, 0.15) is 18.6 Å². The van der Waals surface area contributed by atoms with Gasteiger partial charge in [-0.3, -0.25) is 24.1 Å². The summed E-state index contributed by atoms with van der Waals surface area (Å²) in [5.74, 6) is -2.30. The first kappa shape index (κ1) is 20.0.